The van der Waals surface area contributed by atoms with Gasteiger partial charge in [0.25, 0.3) is 6.43 Å². The van der Waals surface area contributed by atoms with Crippen molar-refractivity contribution >= 4 is 12.2 Å². The monoisotopic (exact) mass is 193 g/mol. The number of halogens is 2. The fourth-order valence-corrected chi connectivity index (χ4v) is 0.581. The highest BCUT2D eigenvalue weighted by atomic mass is 19.3. The first-order valence-electron chi connectivity index (χ1n) is 3.81. The molecule has 0 unspecified atom stereocenters. The minimum atomic E-state index is -2.62. The molecule has 0 amide bonds. The highest BCUT2D eigenvalue weighted by Gasteiger charge is 2.15. The van der Waals surface area contributed by atoms with Gasteiger partial charge in [-0.15, -0.1) is 0 Å². The summed E-state index contributed by atoms with van der Waals surface area (Å²) in [6.07, 6.45) is -2.20. The lowest BCUT2D eigenvalue weighted by Gasteiger charge is -2.18. The van der Waals surface area contributed by atoms with Gasteiger partial charge >= 0.3 is 5.97 Å². The Morgan fingerprint density at radius 2 is 2.08 bits per heavy atom. The molecule has 0 rings (SSSR count). The van der Waals surface area contributed by atoms with Crippen LogP contribution in [0.25, 0.3) is 0 Å². The molecule has 0 saturated carbocycles. The summed E-state index contributed by atoms with van der Waals surface area (Å²) < 4.78 is 27.9. The fraction of sp³-hybridized carbons (Fsp3) is 0.750. The molecule has 0 aromatic heterocycles. The van der Waals surface area contributed by atoms with Gasteiger partial charge in [0.2, 0.25) is 0 Å². The van der Waals surface area contributed by atoms with Gasteiger partial charge in [0.15, 0.2) is 0 Å². The first-order valence-corrected chi connectivity index (χ1v) is 3.81. The molecule has 0 atom stereocenters. The standard InChI is InChI=1S/C8H13F2NO2/c1-8(2,3)13-7(12)5-11-4-6(9)10/h4,6H,5H2,1-3H3. The molecule has 0 radical (unpaired) electrons. The summed E-state index contributed by atoms with van der Waals surface area (Å²) in [6, 6.07) is 0. The third kappa shape index (κ3) is 8.91. The molecule has 0 spiro atoms. The molecule has 0 aromatic rings. The van der Waals surface area contributed by atoms with Crippen molar-refractivity contribution in [1.82, 2.24) is 0 Å². The van der Waals surface area contributed by atoms with Crippen molar-refractivity contribution in [3.63, 3.8) is 0 Å². The number of ether oxygens (including phenoxy) is 1. The van der Waals surface area contributed by atoms with E-state index in [0.717, 1.165) is 0 Å². The zero-order chi connectivity index (χ0) is 10.5. The van der Waals surface area contributed by atoms with Gasteiger partial charge in [-0.3, -0.25) is 9.79 Å². The van der Waals surface area contributed by atoms with Crippen LogP contribution in [0, 0.1) is 0 Å². The molecule has 0 bridgehead atoms. The Balaban J connectivity index is 3.77. The Morgan fingerprint density at radius 3 is 2.46 bits per heavy atom. The van der Waals surface area contributed by atoms with Gasteiger partial charge < -0.3 is 4.74 Å². The minimum absolute atomic E-state index is 0.360. The summed E-state index contributed by atoms with van der Waals surface area (Å²) in [5.74, 6) is -0.607. The summed E-state index contributed by atoms with van der Waals surface area (Å²) in [6.45, 7) is 4.73. The van der Waals surface area contributed by atoms with Gasteiger partial charge in [-0.25, -0.2) is 8.78 Å². The molecule has 76 valence electrons. The molecule has 0 saturated heterocycles. The third-order valence-corrected chi connectivity index (χ3v) is 0.859. The Labute approximate surface area is 75.8 Å². The third-order valence-electron chi connectivity index (χ3n) is 0.859. The molecule has 0 aromatic carbocycles. The average molecular weight is 193 g/mol. The van der Waals surface area contributed by atoms with E-state index in [9.17, 15) is 13.6 Å². The summed E-state index contributed by atoms with van der Waals surface area (Å²) in [5.41, 5.74) is -0.600. The molecule has 3 nitrogen and oxygen atoms in total. The normalized spacial score (nSPS) is 12.5. The molecular weight excluding hydrogens is 180 g/mol. The Bertz CT molecular complexity index is 197. The zero-order valence-corrected chi connectivity index (χ0v) is 7.88. The molecule has 0 aliphatic carbocycles. The van der Waals surface area contributed by atoms with Gasteiger partial charge in [0.05, 0.1) is 6.21 Å². The van der Waals surface area contributed by atoms with Crippen LogP contribution in [0.2, 0.25) is 0 Å². The second kappa shape index (κ2) is 4.89. The number of hydrogen-bond acceptors (Lipinski definition) is 3. The van der Waals surface area contributed by atoms with Gasteiger partial charge in [-0.2, -0.15) is 0 Å². The van der Waals surface area contributed by atoms with Gasteiger partial charge in [0.1, 0.15) is 12.1 Å². The van der Waals surface area contributed by atoms with Crippen LogP contribution in [0.3, 0.4) is 0 Å². The van der Waals surface area contributed by atoms with Crippen molar-refractivity contribution in [2.45, 2.75) is 32.8 Å². The predicted octanol–water partition coefficient (Wildman–Crippen LogP) is 1.66. The van der Waals surface area contributed by atoms with Crippen LogP contribution in [0.15, 0.2) is 4.99 Å². The van der Waals surface area contributed by atoms with Crippen LogP contribution in [0.4, 0.5) is 8.78 Å². The van der Waals surface area contributed by atoms with Crippen LogP contribution >= 0.6 is 0 Å². The fourth-order valence-electron chi connectivity index (χ4n) is 0.581. The number of carbonyl (C=O) groups excluding carboxylic acids is 1. The molecule has 0 fully saturated rings. The van der Waals surface area contributed by atoms with Gasteiger partial charge in [-0.05, 0) is 20.8 Å². The van der Waals surface area contributed by atoms with Crippen molar-refractivity contribution in [2.24, 2.45) is 4.99 Å². The Kier molecular flexibility index (Phi) is 4.51. The van der Waals surface area contributed by atoms with Crippen LogP contribution in [0.1, 0.15) is 20.8 Å². The zero-order valence-electron chi connectivity index (χ0n) is 7.88. The van der Waals surface area contributed by atoms with Crippen LogP contribution in [-0.2, 0) is 9.53 Å². The maximum atomic E-state index is 11.5. The van der Waals surface area contributed by atoms with E-state index in [1.807, 2.05) is 0 Å². The molecular formula is C8H13F2NO2. The van der Waals surface area contributed by atoms with E-state index in [0.29, 0.717) is 6.21 Å². The summed E-state index contributed by atoms with van der Waals surface area (Å²) in [7, 11) is 0. The molecule has 5 heteroatoms. The largest absolute Gasteiger partial charge is 0.459 e. The summed E-state index contributed by atoms with van der Waals surface area (Å²) in [5, 5.41) is 0. The molecule has 0 N–H and O–H groups in total. The van der Waals surface area contributed by atoms with Crippen molar-refractivity contribution in [1.29, 1.82) is 0 Å². The number of nitrogens with zero attached hydrogens (tertiary/aromatic N) is 1. The number of aliphatic imine (C=N–C) groups is 1. The number of carbonyl (C=O) groups is 1. The van der Waals surface area contributed by atoms with Crippen LogP contribution in [-0.4, -0.2) is 30.8 Å². The molecule has 0 aliphatic rings. The smallest absolute Gasteiger partial charge is 0.328 e. The lowest BCUT2D eigenvalue weighted by Crippen LogP contribution is -2.25. The Morgan fingerprint density at radius 1 is 1.54 bits per heavy atom. The van der Waals surface area contributed by atoms with Crippen molar-refractivity contribution in [3.8, 4) is 0 Å². The summed E-state index contributed by atoms with van der Waals surface area (Å²) in [4.78, 5) is 14.1. The first kappa shape index (κ1) is 12.0. The minimum Gasteiger partial charge on any atom is -0.459 e. The Hall–Kier alpha value is -1.00. The number of hydrogen-bond donors (Lipinski definition) is 0. The predicted molar refractivity (Wildman–Crippen MR) is 45.2 cm³/mol. The molecule has 0 aliphatic heterocycles. The molecule has 0 heterocycles. The van der Waals surface area contributed by atoms with E-state index < -0.39 is 18.0 Å². The van der Waals surface area contributed by atoms with Crippen molar-refractivity contribution in [2.75, 3.05) is 6.54 Å². The maximum Gasteiger partial charge on any atom is 0.328 e. The highest BCUT2D eigenvalue weighted by Crippen LogP contribution is 2.06. The van der Waals surface area contributed by atoms with Crippen LogP contribution < -0.4 is 0 Å². The second-order valence-electron chi connectivity index (χ2n) is 3.41. The van der Waals surface area contributed by atoms with Crippen LogP contribution in [0.5, 0.6) is 0 Å². The number of alkyl halides is 2. The van der Waals surface area contributed by atoms with Gasteiger partial charge in [0, 0.05) is 0 Å². The second-order valence-corrected chi connectivity index (χ2v) is 3.41. The SMILES string of the molecule is CC(C)(C)OC(=O)CN=CC(F)F. The van der Waals surface area contributed by atoms with E-state index in [1.165, 1.54) is 0 Å². The van der Waals surface area contributed by atoms with E-state index >= 15 is 0 Å². The lowest BCUT2D eigenvalue weighted by molar-refractivity contribution is -0.152. The first-order chi connectivity index (χ1) is 5.81. The van der Waals surface area contributed by atoms with E-state index in [-0.39, 0.29) is 6.54 Å². The van der Waals surface area contributed by atoms with Crippen molar-refractivity contribution < 1.29 is 18.3 Å². The maximum absolute atomic E-state index is 11.5. The lowest BCUT2D eigenvalue weighted by atomic mass is 10.2. The highest BCUT2D eigenvalue weighted by molar-refractivity contribution is 5.74. The van der Waals surface area contributed by atoms with E-state index in [4.69, 9.17) is 4.74 Å². The number of esters is 1. The van der Waals surface area contributed by atoms with Gasteiger partial charge in [-0.1, -0.05) is 0 Å². The quantitative estimate of drug-likeness (QED) is 0.505. The van der Waals surface area contributed by atoms with E-state index in [2.05, 4.69) is 4.99 Å². The van der Waals surface area contributed by atoms with E-state index in [1.54, 1.807) is 20.8 Å². The summed E-state index contributed by atoms with van der Waals surface area (Å²) >= 11 is 0. The average Bonchev–Trinajstić information content (AvgIpc) is 1.81. The topological polar surface area (TPSA) is 38.7 Å². The van der Waals surface area contributed by atoms with Crippen molar-refractivity contribution in [3.05, 3.63) is 0 Å². The molecule has 13 heavy (non-hydrogen) atoms. The number of rotatable bonds is 3.